The Kier molecular flexibility index (Phi) is 19.1. The summed E-state index contributed by atoms with van der Waals surface area (Å²) in [6.45, 7) is 4.14. The zero-order chi connectivity index (χ0) is 23.9. The van der Waals surface area contributed by atoms with Gasteiger partial charge in [0.15, 0.2) is 0 Å². The van der Waals surface area contributed by atoms with Crippen LogP contribution in [0.2, 0.25) is 0 Å². The van der Waals surface area contributed by atoms with Crippen LogP contribution in [-0.2, 0) is 28.7 Å². The van der Waals surface area contributed by atoms with Crippen LogP contribution in [0.1, 0.15) is 92.9 Å². The van der Waals surface area contributed by atoms with Crippen LogP contribution in [0.25, 0.3) is 0 Å². The van der Waals surface area contributed by atoms with Gasteiger partial charge < -0.3 is 9.47 Å². The standard InChI is InChI=1S/2C13H20O3.2CH4/c2*1-3-4-5-6-11-10(7-8-12(11)14)9-13(15)16-2;;/h2*4-5,10-11H,3,6-9H2,1-2H3;2*1H4/b2*5-4+;;/t10-,11?;10-,11+;;/m00../s1. The Bertz CT molecular complexity index is 620. The minimum Gasteiger partial charge on any atom is -0.469 e. The van der Waals surface area contributed by atoms with Crippen molar-refractivity contribution in [1.82, 2.24) is 0 Å². The first kappa shape index (κ1) is 33.9. The summed E-state index contributed by atoms with van der Waals surface area (Å²) < 4.78 is 9.31. The number of ketones is 2. The van der Waals surface area contributed by atoms with E-state index in [1.165, 1.54) is 14.2 Å². The molecule has 6 nitrogen and oxygen atoms in total. The minimum absolute atomic E-state index is 0. The summed E-state index contributed by atoms with van der Waals surface area (Å²) in [6, 6.07) is 0. The molecule has 0 aromatic heterocycles. The normalized spacial score (nSPS) is 23.8. The number of ether oxygens (including phenoxy) is 2. The van der Waals surface area contributed by atoms with Gasteiger partial charge in [0.05, 0.1) is 14.2 Å². The highest BCUT2D eigenvalue weighted by Crippen LogP contribution is 2.35. The average molecular weight is 481 g/mol. The fourth-order valence-corrected chi connectivity index (χ4v) is 4.50. The number of carbonyl (C=O) groups is 4. The second-order valence-electron chi connectivity index (χ2n) is 8.53. The molecule has 4 atom stereocenters. The topological polar surface area (TPSA) is 86.7 Å². The molecule has 196 valence electrons. The van der Waals surface area contributed by atoms with Gasteiger partial charge in [-0.15, -0.1) is 0 Å². The summed E-state index contributed by atoms with van der Waals surface area (Å²) in [5.41, 5.74) is 0. The van der Waals surface area contributed by atoms with Crippen molar-refractivity contribution >= 4 is 23.5 Å². The molecule has 0 bridgehead atoms. The maximum atomic E-state index is 11.7. The molecule has 6 heteroatoms. The van der Waals surface area contributed by atoms with Crippen LogP contribution in [-0.4, -0.2) is 37.7 Å². The SMILES string of the molecule is C.C.CC/C=C/CC1C(=O)CC[C@H]1CC(=O)OC.CC/C=C/C[C@H]1C(=O)CC[C@H]1CC(=O)OC. The van der Waals surface area contributed by atoms with Gasteiger partial charge in [-0.3, -0.25) is 19.2 Å². The molecule has 2 aliphatic carbocycles. The van der Waals surface area contributed by atoms with Gasteiger partial charge in [0, 0.05) is 37.5 Å². The van der Waals surface area contributed by atoms with Crippen LogP contribution in [0, 0.1) is 23.7 Å². The van der Waals surface area contributed by atoms with Gasteiger partial charge in [0.25, 0.3) is 0 Å². The second-order valence-corrected chi connectivity index (χ2v) is 8.53. The van der Waals surface area contributed by atoms with E-state index in [0.717, 1.165) is 38.5 Å². The second kappa shape index (κ2) is 19.1. The molecule has 0 N–H and O–H groups in total. The van der Waals surface area contributed by atoms with Crippen molar-refractivity contribution in [2.24, 2.45) is 23.7 Å². The first-order valence-electron chi connectivity index (χ1n) is 11.9. The van der Waals surface area contributed by atoms with Gasteiger partial charge in [0.1, 0.15) is 11.6 Å². The van der Waals surface area contributed by atoms with Crippen molar-refractivity contribution < 1.29 is 28.7 Å². The van der Waals surface area contributed by atoms with Crippen LogP contribution in [0.5, 0.6) is 0 Å². The largest absolute Gasteiger partial charge is 0.469 e. The Morgan fingerprint density at radius 2 is 1.09 bits per heavy atom. The molecular weight excluding hydrogens is 432 g/mol. The fourth-order valence-electron chi connectivity index (χ4n) is 4.50. The van der Waals surface area contributed by atoms with Crippen molar-refractivity contribution in [2.45, 2.75) is 92.9 Å². The summed E-state index contributed by atoms with van der Waals surface area (Å²) in [6.07, 6.45) is 15.4. The van der Waals surface area contributed by atoms with Gasteiger partial charge in [0.2, 0.25) is 0 Å². The zero-order valence-electron chi connectivity index (χ0n) is 20.1. The molecule has 2 saturated carbocycles. The molecule has 0 saturated heterocycles. The highest BCUT2D eigenvalue weighted by molar-refractivity contribution is 5.85. The number of allylic oxidation sites excluding steroid dienone is 4. The molecule has 0 aromatic rings. The van der Waals surface area contributed by atoms with E-state index in [1.54, 1.807) is 0 Å². The molecule has 1 unspecified atom stereocenters. The number of methoxy groups -OCH3 is 2. The Hall–Kier alpha value is -2.24. The predicted octanol–water partition coefficient (Wildman–Crippen LogP) is 6.27. The Morgan fingerprint density at radius 1 is 0.735 bits per heavy atom. The maximum absolute atomic E-state index is 11.7. The Morgan fingerprint density at radius 3 is 1.38 bits per heavy atom. The van der Waals surface area contributed by atoms with E-state index < -0.39 is 0 Å². The van der Waals surface area contributed by atoms with Gasteiger partial charge in [-0.05, 0) is 50.4 Å². The van der Waals surface area contributed by atoms with Crippen LogP contribution in [0.15, 0.2) is 24.3 Å². The lowest BCUT2D eigenvalue weighted by Crippen LogP contribution is -2.18. The van der Waals surface area contributed by atoms with Crippen LogP contribution in [0.3, 0.4) is 0 Å². The van der Waals surface area contributed by atoms with E-state index in [9.17, 15) is 19.2 Å². The van der Waals surface area contributed by atoms with Crippen molar-refractivity contribution in [3.8, 4) is 0 Å². The zero-order valence-corrected chi connectivity index (χ0v) is 20.1. The van der Waals surface area contributed by atoms with E-state index in [1.807, 2.05) is 0 Å². The van der Waals surface area contributed by atoms with Crippen LogP contribution < -0.4 is 0 Å². The Labute approximate surface area is 207 Å². The molecule has 0 radical (unpaired) electrons. The number of rotatable bonds is 10. The summed E-state index contributed by atoms with van der Waals surface area (Å²) in [5.74, 6) is 0.615. The lowest BCUT2D eigenvalue weighted by Gasteiger charge is -2.15. The molecular formula is C28H48O6. The van der Waals surface area contributed by atoms with Gasteiger partial charge >= 0.3 is 11.9 Å². The minimum atomic E-state index is -0.204. The van der Waals surface area contributed by atoms with Crippen molar-refractivity contribution in [3.63, 3.8) is 0 Å². The monoisotopic (exact) mass is 480 g/mol. The molecule has 2 aliphatic rings. The van der Waals surface area contributed by atoms with E-state index in [2.05, 4.69) is 47.6 Å². The van der Waals surface area contributed by atoms with E-state index >= 15 is 0 Å². The molecule has 0 amide bonds. The smallest absolute Gasteiger partial charge is 0.305 e. The molecule has 34 heavy (non-hydrogen) atoms. The molecule has 2 fully saturated rings. The predicted molar refractivity (Wildman–Crippen MR) is 137 cm³/mol. The van der Waals surface area contributed by atoms with Crippen molar-refractivity contribution in [2.75, 3.05) is 14.2 Å². The summed E-state index contributed by atoms with van der Waals surface area (Å²) >= 11 is 0. The number of hydrogen-bond donors (Lipinski definition) is 0. The molecule has 0 aliphatic heterocycles. The van der Waals surface area contributed by atoms with Gasteiger partial charge in [-0.25, -0.2) is 0 Å². The highest BCUT2D eigenvalue weighted by atomic mass is 16.5. The lowest BCUT2D eigenvalue weighted by molar-refractivity contribution is -0.143. The average Bonchev–Trinajstić information content (AvgIpc) is 3.31. The van der Waals surface area contributed by atoms with Gasteiger partial charge in [-0.1, -0.05) is 53.0 Å². The Balaban J connectivity index is 0. The first-order chi connectivity index (χ1) is 15.4. The quantitative estimate of drug-likeness (QED) is 0.270. The van der Waals surface area contributed by atoms with E-state index in [0.29, 0.717) is 37.2 Å². The lowest BCUT2D eigenvalue weighted by atomic mass is 9.89. The third-order valence-corrected chi connectivity index (χ3v) is 6.39. The van der Waals surface area contributed by atoms with Gasteiger partial charge in [-0.2, -0.15) is 0 Å². The van der Waals surface area contributed by atoms with E-state index in [4.69, 9.17) is 0 Å². The molecule has 0 spiro atoms. The van der Waals surface area contributed by atoms with E-state index in [-0.39, 0.29) is 50.5 Å². The molecule has 2 rings (SSSR count). The third-order valence-electron chi connectivity index (χ3n) is 6.39. The first-order valence-corrected chi connectivity index (χ1v) is 11.9. The van der Waals surface area contributed by atoms with Crippen LogP contribution in [0.4, 0.5) is 0 Å². The number of esters is 2. The third kappa shape index (κ3) is 11.8. The molecule has 0 aromatic carbocycles. The fraction of sp³-hybridized carbons (Fsp3) is 0.714. The summed E-state index contributed by atoms with van der Waals surface area (Å²) in [4.78, 5) is 45.7. The maximum Gasteiger partial charge on any atom is 0.305 e. The van der Waals surface area contributed by atoms with Crippen molar-refractivity contribution in [3.05, 3.63) is 24.3 Å². The highest BCUT2D eigenvalue weighted by Gasteiger charge is 2.35. The summed E-state index contributed by atoms with van der Waals surface area (Å²) in [5, 5.41) is 0. The van der Waals surface area contributed by atoms with Crippen LogP contribution >= 0.6 is 0 Å². The molecule has 0 heterocycles. The number of carbonyl (C=O) groups excluding carboxylic acids is 4. The number of hydrogen-bond acceptors (Lipinski definition) is 6. The summed E-state index contributed by atoms with van der Waals surface area (Å²) in [7, 11) is 2.79. The van der Waals surface area contributed by atoms with Crippen molar-refractivity contribution in [1.29, 1.82) is 0 Å². The number of Topliss-reactive ketones (excluding diaryl/α,β-unsaturated/α-hetero) is 2.